The van der Waals surface area contributed by atoms with Crippen molar-refractivity contribution in [3.05, 3.63) is 23.5 Å². The van der Waals surface area contributed by atoms with Crippen LogP contribution < -0.4 is 0 Å². The number of halogens is 1. The van der Waals surface area contributed by atoms with Gasteiger partial charge in [0.05, 0.1) is 4.90 Å². The van der Waals surface area contributed by atoms with E-state index in [2.05, 4.69) is 25.8 Å². The smallest absolute Gasteiger partial charge is 0.243 e. The zero-order chi connectivity index (χ0) is 15.0. The fraction of sp³-hybridized carbons (Fsp3) is 0.643. The molecule has 1 aliphatic heterocycles. The van der Waals surface area contributed by atoms with E-state index in [1.54, 1.807) is 4.31 Å². The number of rotatable bonds is 2. The molecule has 2 rings (SSSR count). The third kappa shape index (κ3) is 3.32. The molecule has 1 aliphatic rings. The Morgan fingerprint density at radius 2 is 1.90 bits per heavy atom. The van der Waals surface area contributed by atoms with Gasteiger partial charge in [-0.25, -0.2) is 13.4 Å². The van der Waals surface area contributed by atoms with Gasteiger partial charge in [0.15, 0.2) is 0 Å². The second kappa shape index (κ2) is 5.62. The summed E-state index contributed by atoms with van der Waals surface area (Å²) in [6.07, 6.45) is 3.24. The van der Waals surface area contributed by atoms with E-state index in [0.717, 1.165) is 12.8 Å². The fourth-order valence-electron chi connectivity index (χ4n) is 2.66. The lowest BCUT2D eigenvalue weighted by atomic mass is 9.76. The lowest BCUT2D eigenvalue weighted by Crippen LogP contribution is -2.41. The first-order valence-corrected chi connectivity index (χ1v) is 8.65. The first-order valence-electron chi connectivity index (χ1n) is 6.83. The zero-order valence-corrected chi connectivity index (χ0v) is 13.7. The van der Waals surface area contributed by atoms with Crippen molar-refractivity contribution in [2.24, 2.45) is 11.3 Å². The van der Waals surface area contributed by atoms with E-state index in [1.165, 1.54) is 18.3 Å². The molecule has 0 saturated carbocycles. The molecule has 1 fully saturated rings. The Hall–Kier alpha value is -0.650. The molecule has 6 heteroatoms. The number of aromatic nitrogens is 1. The van der Waals surface area contributed by atoms with Gasteiger partial charge in [0.1, 0.15) is 5.15 Å². The van der Waals surface area contributed by atoms with Crippen molar-refractivity contribution in [3.63, 3.8) is 0 Å². The lowest BCUT2D eigenvalue weighted by Gasteiger charge is -2.38. The highest BCUT2D eigenvalue weighted by molar-refractivity contribution is 7.89. The topological polar surface area (TPSA) is 50.3 Å². The molecule has 2 heterocycles. The van der Waals surface area contributed by atoms with Crippen LogP contribution in [0.3, 0.4) is 0 Å². The molecule has 0 bridgehead atoms. The average Bonchev–Trinajstić information content (AvgIpc) is 2.38. The minimum atomic E-state index is -3.44. The molecule has 0 spiro atoms. The summed E-state index contributed by atoms with van der Waals surface area (Å²) in [6, 6.07) is 2.91. The summed E-state index contributed by atoms with van der Waals surface area (Å²) in [4.78, 5) is 4.05. The molecule has 0 aliphatic carbocycles. The molecule has 0 aromatic carbocycles. The average molecular weight is 317 g/mol. The number of hydrogen-bond donors (Lipinski definition) is 0. The highest BCUT2D eigenvalue weighted by Gasteiger charge is 2.33. The molecule has 1 aromatic heterocycles. The van der Waals surface area contributed by atoms with Gasteiger partial charge < -0.3 is 0 Å². The molecule has 1 saturated heterocycles. The van der Waals surface area contributed by atoms with Gasteiger partial charge in [0.25, 0.3) is 0 Å². The number of hydrogen-bond acceptors (Lipinski definition) is 3. The van der Waals surface area contributed by atoms with E-state index in [9.17, 15) is 8.42 Å². The Kier molecular flexibility index (Phi) is 4.42. The lowest BCUT2D eigenvalue weighted by molar-refractivity contribution is 0.154. The predicted molar refractivity (Wildman–Crippen MR) is 80.2 cm³/mol. The first kappa shape index (κ1) is 15.7. The number of pyridine rings is 1. The maximum absolute atomic E-state index is 12.5. The number of piperidine rings is 1. The normalized spacial score (nSPS) is 19.2. The van der Waals surface area contributed by atoms with Gasteiger partial charge in [-0.1, -0.05) is 32.4 Å². The van der Waals surface area contributed by atoms with Crippen LogP contribution >= 0.6 is 11.6 Å². The van der Waals surface area contributed by atoms with E-state index in [1.807, 2.05) is 0 Å². The molecule has 0 amide bonds. The van der Waals surface area contributed by atoms with Gasteiger partial charge in [0, 0.05) is 19.3 Å². The summed E-state index contributed by atoms with van der Waals surface area (Å²) < 4.78 is 26.6. The Balaban J connectivity index is 2.14. The van der Waals surface area contributed by atoms with E-state index in [4.69, 9.17) is 11.6 Å². The van der Waals surface area contributed by atoms with Crippen molar-refractivity contribution < 1.29 is 8.42 Å². The second-order valence-electron chi connectivity index (χ2n) is 6.36. The van der Waals surface area contributed by atoms with Crippen molar-refractivity contribution in [2.45, 2.75) is 38.5 Å². The third-order valence-electron chi connectivity index (χ3n) is 4.01. The number of nitrogens with zero attached hydrogens (tertiary/aromatic N) is 2. The van der Waals surface area contributed by atoms with Gasteiger partial charge in [-0.15, -0.1) is 0 Å². The third-order valence-corrected chi connectivity index (χ3v) is 6.12. The Bertz CT molecular complexity index is 573. The summed E-state index contributed by atoms with van der Waals surface area (Å²) in [5.41, 5.74) is 0.232. The minimum Gasteiger partial charge on any atom is -0.244 e. The molecule has 20 heavy (non-hydrogen) atoms. The summed E-state index contributed by atoms with van der Waals surface area (Å²) in [5, 5.41) is 0.204. The molecule has 4 nitrogen and oxygen atoms in total. The van der Waals surface area contributed by atoms with Crippen molar-refractivity contribution in [3.8, 4) is 0 Å². The Labute approximate surface area is 126 Å². The summed E-state index contributed by atoms with van der Waals surface area (Å²) >= 11 is 5.78. The van der Waals surface area contributed by atoms with Gasteiger partial charge in [-0.05, 0) is 36.3 Å². The van der Waals surface area contributed by atoms with Crippen LogP contribution in [-0.4, -0.2) is 30.8 Å². The summed E-state index contributed by atoms with van der Waals surface area (Å²) in [6.45, 7) is 7.79. The van der Waals surface area contributed by atoms with Crippen molar-refractivity contribution in [2.75, 3.05) is 13.1 Å². The fourth-order valence-corrected chi connectivity index (χ4v) is 4.38. The maximum atomic E-state index is 12.5. The Morgan fingerprint density at radius 1 is 1.30 bits per heavy atom. The van der Waals surface area contributed by atoms with Crippen LogP contribution in [0.1, 0.15) is 33.6 Å². The van der Waals surface area contributed by atoms with Gasteiger partial charge >= 0.3 is 0 Å². The van der Waals surface area contributed by atoms with Crippen LogP contribution in [0.5, 0.6) is 0 Å². The largest absolute Gasteiger partial charge is 0.244 e. The molecule has 0 unspecified atom stereocenters. The standard InChI is InChI=1S/C14H21ClN2O2S/c1-14(2,3)11-5-8-17(9-6-11)20(18,19)12-4-7-16-13(15)10-12/h4,7,10-11H,5-6,8-9H2,1-3H3. The number of sulfonamides is 1. The molecule has 112 valence electrons. The van der Waals surface area contributed by atoms with Crippen LogP contribution in [0, 0.1) is 11.3 Å². The van der Waals surface area contributed by atoms with Gasteiger partial charge in [0.2, 0.25) is 10.0 Å². The van der Waals surface area contributed by atoms with Crippen LogP contribution in [0.2, 0.25) is 5.15 Å². The quantitative estimate of drug-likeness (QED) is 0.787. The van der Waals surface area contributed by atoms with E-state index in [0.29, 0.717) is 19.0 Å². The highest BCUT2D eigenvalue weighted by atomic mass is 35.5. The van der Waals surface area contributed by atoms with Crippen molar-refractivity contribution in [1.82, 2.24) is 9.29 Å². The minimum absolute atomic E-state index is 0.204. The van der Waals surface area contributed by atoms with E-state index >= 15 is 0 Å². The van der Waals surface area contributed by atoms with Crippen LogP contribution in [0.25, 0.3) is 0 Å². The first-order chi connectivity index (χ1) is 9.21. The molecular weight excluding hydrogens is 296 g/mol. The highest BCUT2D eigenvalue weighted by Crippen LogP contribution is 2.35. The molecule has 0 radical (unpaired) electrons. The summed E-state index contributed by atoms with van der Waals surface area (Å²) in [5.74, 6) is 0.565. The van der Waals surface area contributed by atoms with Gasteiger partial charge in [-0.2, -0.15) is 4.31 Å². The summed E-state index contributed by atoms with van der Waals surface area (Å²) in [7, 11) is -3.44. The second-order valence-corrected chi connectivity index (χ2v) is 8.68. The van der Waals surface area contributed by atoms with Gasteiger partial charge in [-0.3, -0.25) is 0 Å². The molecular formula is C14H21ClN2O2S. The van der Waals surface area contributed by atoms with Crippen LogP contribution in [-0.2, 0) is 10.0 Å². The monoisotopic (exact) mass is 316 g/mol. The molecule has 1 aromatic rings. The molecule has 0 atom stereocenters. The van der Waals surface area contributed by atoms with E-state index in [-0.39, 0.29) is 15.5 Å². The van der Waals surface area contributed by atoms with Crippen molar-refractivity contribution in [1.29, 1.82) is 0 Å². The predicted octanol–water partition coefficient (Wildman–Crippen LogP) is 3.18. The van der Waals surface area contributed by atoms with E-state index < -0.39 is 10.0 Å². The SMILES string of the molecule is CC(C)(C)C1CCN(S(=O)(=O)c2ccnc(Cl)c2)CC1. The van der Waals surface area contributed by atoms with Crippen molar-refractivity contribution >= 4 is 21.6 Å². The molecule has 0 N–H and O–H groups in total. The Morgan fingerprint density at radius 3 is 2.40 bits per heavy atom. The zero-order valence-electron chi connectivity index (χ0n) is 12.1. The maximum Gasteiger partial charge on any atom is 0.243 e. The van der Waals surface area contributed by atoms with Crippen LogP contribution in [0.4, 0.5) is 0 Å². The van der Waals surface area contributed by atoms with Crippen LogP contribution in [0.15, 0.2) is 23.2 Å².